The van der Waals surface area contributed by atoms with E-state index in [0.717, 1.165) is 13.0 Å². The summed E-state index contributed by atoms with van der Waals surface area (Å²) in [6, 6.07) is 0. The highest BCUT2D eigenvalue weighted by Crippen LogP contribution is 2.20. The van der Waals surface area contributed by atoms with Crippen LogP contribution in [-0.2, 0) is 9.78 Å². The third kappa shape index (κ3) is 3.73. The summed E-state index contributed by atoms with van der Waals surface area (Å²) in [5.74, 6) is 0. The Hall–Kier alpha value is -0.0800. The van der Waals surface area contributed by atoms with E-state index in [1.165, 1.54) is 32.1 Å². The summed E-state index contributed by atoms with van der Waals surface area (Å²) in [5, 5.41) is 0. The molecule has 0 amide bonds. The summed E-state index contributed by atoms with van der Waals surface area (Å²) in [5.41, 5.74) is 0. The maximum absolute atomic E-state index is 5.22. The molecule has 0 aromatic heterocycles. The molecule has 0 bridgehead atoms. The highest BCUT2D eigenvalue weighted by atomic mass is 17.2. The van der Waals surface area contributed by atoms with Crippen LogP contribution in [0.4, 0.5) is 0 Å². The third-order valence-corrected chi connectivity index (χ3v) is 2.04. The normalized spacial score (nSPS) is 20.5. The van der Waals surface area contributed by atoms with Crippen LogP contribution in [0.25, 0.3) is 0 Å². The number of hydrogen-bond donors (Lipinski definition) is 0. The quantitative estimate of drug-likeness (QED) is 0.356. The molecule has 2 nitrogen and oxygen atoms in total. The van der Waals surface area contributed by atoms with Gasteiger partial charge >= 0.3 is 0 Å². The monoisotopic (exact) mass is 158 g/mol. The molecule has 0 radical (unpaired) electrons. The van der Waals surface area contributed by atoms with E-state index in [9.17, 15) is 0 Å². The maximum atomic E-state index is 5.22. The molecule has 0 aromatic carbocycles. The highest BCUT2D eigenvalue weighted by molar-refractivity contribution is 4.63. The lowest BCUT2D eigenvalue weighted by molar-refractivity contribution is -0.328. The van der Waals surface area contributed by atoms with Crippen molar-refractivity contribution in [1.82, 2.24) is 0 Å². The third-order valence-electron chi connectivity index (χ3n) is 2.04. The lowest BCUT2D eigenvalue weighted by Gasteiger charge is -2.20. The van der Waals surface area contributed by atoms with Gasteiger partial charge in [0, 0.05) is 0 Å². The van der Waals surface area contributed by atoms with Crippen molar-refractivity contribution in [1.29, 1.82) is 0 Å². The molecule has 0 unspecified atom stereocenters. The Morgan fingerprint density at radius 3 is 2.55 bits per heavy atom. The predicted molar refractivity (Wildman–Crippen MR) is 44.2 cm³/mol. The van der Waals surface area contributed by atoms with Crippen LogP contribution in [0.5, 0.6) is 0 Å². The average molecular weight is 158 g/mol. The van der Waals surface area contributed by atoms with E-state index in [-0.39, 0.29) is 0 Å². The number of rotatable bonds is 4. The Morgan fingerprint density at radius 2 is 1.91 bits per heavy atom. The lowest BCUT2D eigenvalue weighted by Crippen LogP contribution is -2.16. The van der Waals surface area contributed by atoms with E-state index >= 15 is 0 Å². The van der Waals surface area contributed by atoms with Gasteiger partial charge in [0.15, 0.2) is 0 Å². The highest BCUT2D eigenvalue weighted by Gasteiger charge is 2.13. The summed E-state index contributed by atoms with van der Waals surface area (Å²) in [6.45, 7) is 2.82. The largest absolute Gasteiger partial charge is 0.236 e. The lowest BCUT2D eigenvalue weighted by atomic mass is 9.98. The van der Waals surface area contributed by atoms with Crippen LogP contribution in [0.15, 0.2) is 0 Å². The molecule has 1 rings (SSSR count). The van der Waals surface area contributed by atoms with Crippen LogP contribution in [0.2, 0.25) is 0 Å². The summed E-state index contributed by atoms with van der Waals surface area (Å²) >= 11 is 0. The molecule has 0 atom stereocenters. The van der Waals surface area contributed by atoms with Crippen molar-refractivity contribution in [3.8, 4) is 0 Å². The smallest absolute Gasteiger partial charge is 0.0930 e. The van der Waals surface area contributed by atoms with Gasteiger partial charge in [0.25, 0.3) is 0 Å². The predicted octanol–water partition coefficient (Wildman–Crippen LogP) is 2.68. The zero-order chi connectivity index (χ0) is 7.94. The van der Waals surface area contributed by atoms with Gasteiger partial charge in [-0.05, 0) is 19.3 Å². The average Bonchev–Trinajstić information content (AvgIpc) is 2.07. The Labute approximate surface area is 68.8 Å². The van der Waals surface area contributed by atoms with Crippen LogP contribution in [0.3, 0.4) is 0 Å². The molecule has 1 aliphatic rings. The standard InChI is InChI=1S/C9H18O2/c1-2-8-10-11-9-6-4-3-5-7-9/h9H,2-8H2,1H3. The fourth-order valence-corrected chi connectivity index (χ4v) is 1.39. The van der Waals surface area contributed by atoms with Crippen LogP contribution in [0.1, 0.15) is 45.4 Å². The van der Waals surface area contributed by atoms with Gasteiger partial charge in [-0.15, -0.1) is 0 Å². The second-order valence-corrected chi connectivity index (χ2v) is 3.18. The van der Waals surface area contributed by atoms with Gasteiger partial charge in [-0.25, -0.2) is 9.78 Å². The van der Waals surface area contributed by atoms with Gasteiger partial charge in [-0.1, -0.05) is 26.2 Å². The molecule has 2 heteroatoms. The molecule has 66 valence electrons. The summed E-state index contributed by atoms with van der Waals surface area (Å²) < 4.78 is 0. The Bertz CT molecular complexity index is 87.6. The second kappa shape index (κ2) is 5.56. The summed E-state index contributed by atoms with van der Waals surface area (Å²) in [6.07, 6.45) is 7.77. The molecule has 1 fully saturated rings. The van der Waals surface area contributed by atoms with Crippen molar-refractivity contribution >= 4 is 0 Å². The van der Waals surface area contributed by atoms with Crippen LogP contribution in [0, 0.1) is 0 Å². The first-order valence-corrected chi connectivity index (χ1v) is 4.71. The Balaban J connectivity index is 1.96. The van der Waals surface area contributed by atoms with E-state index in [1.807, 2.05) is 0 Å². The summed E-state index contributed by atoms with van der Waals surface area (Å²) in [4.78, 5) is 10.2. The molecular formula is C9H18O2. The van der Waals surface area contributed by atoms with Gasteiger partial charge < -0.3 is 0 Å². The molecule has 11 heavy (non-hydrogen) atoms. The molecule has 0 saturated heterocycles. The molecule has 1 saturated carbocycles. The van der Waals surface area contributed by atoms with Crippen molar-refractivity contribution in [2.75, 3.05) is 6.61 Å². The van der Waals surface area contributed by atoms with Crippen LogP contribution < -0.4 is 0 Å². The first kappa shape index (κ1) is 9.01. The minimum Gasteiger partial charge on any atom is -0.236 e. The Morgan fingerprint density at radius 1 is 1.18 bits per heavy atom. The minimum atomic E-state index is 0.385. The fourth-order valence-electron chi connectivity index (χ4n) is 1.39. The second-order valence-electron chi connectivity index (χ2n) is 3.18. The Kier molecular flexibility index (Phi) is 4.55. The molecule has 0 heterocycles. The van der Waals surface area contributed by atoms with Gasteiger partial charge in [0.2, 0.25) is 0 Å². The summed E-state index contributed by atoms with van der Waals surface area (Å²) in [7, 11) is 0. The van der Waals surface area contributed by atoms with E-state index < -0.39 is 0 Å². The molecule has 1 aliphatic carbocycles. The van der Waals surface area contributed by atoms with Gasteiger partial charge in [-0.3, -0.25) is 0 Å². The molecule has 0 aliphatic heterocycles. The van der Waals surface area contributed by atoms with Gasteiger partial charge in [0.1, 0.15) is 0 Å². The van der Waals surface area contributed by atoms with Crippen molar-refractivity contribution in [2.24, 2.45) is 0 Å². The van der Waals surface area contributed by atoms with E-state index in [2.05, 4.69) is 6.92 Å². The maximum Gasteiger partial charge on any atom is 0.0930 e. The SMILES string of the molecule is CCCOOC1CCCCC1. The molecule has 0 spiro atoms. The van der Waals surface area contributed by atoms with E-state index in [4.69, 9.17) is 9.78 Å². The molecule has 0 aromatic rings. The first-order valence-electron chi connectivity index (χ1n) is 4.71. The van der Waals surface area contributed by atoms with Gasteiger partial charge in [-0.2, -0.15) is 0 Å². The van der Waals surface area contributed by atoms with E-state index in [0.29, 0.717) is 6.10 Å². The fraction of sp³-hybridized carbons (Fsp3) is 1.00. The topological polar surface area (TPSA) is 18.5 Å². The first-order chi connectivity index (χ1) is 5.43. The minimum absolute atomic E-state index is 0.385. The molecular weight excluding hydrogens is 140 g/mol. The van der Waals surface area contributed by atoms with Crippen molar-refractivity contribution in [2.45, 2.75) is 51.6 Å². The number of hydrogen-bond acceptors (Lipinski definition) is 2. The molecule has 0 N–H and O–H groups in total. The zero-order valence-electron chi connectivity index (χ0n) is 7.34. The van der Waals surface area contributed by atoms with Crippen molar-refractivity contribution < 1.29 is 9.78 Å². The van der Waals surface area contributed by atoms with Crippen molar-refractivity contribution in [3.63, 3.8) is 0 Å². The zero-order valence-corrected chi connectivity index (χ0v) is 7.34. The van der Waals surface area contributed by atoms with Gasteiger partial charge in [0.05, 0.1) is 12.7 Å². The van der Waals surface area contributed by atoms with Crippen LogP contribution in [-0.4, -0.2) is 12.7 Å². The van der Waals surface area contributed by atoms with Crippen molar-refractivity contribution in [3.05, 3.63) is 0 Å². The van der Waals surface area contributed by atoms with E-state index in [1.54, 1.807) is 0 Å². The van der Waals surface area contributed by atoms with Crippen LogP contribution >= 0.6 is 0 Å².